The van der Waals surface area contributed by atoms with Crippen LogP contribution in [0.2, 0.25) is 0 Å². The van der Waals surface area contributed by atoms with Gasteiger partial charge >= 0.3 is 0 Å². The molecule has 0 bridgehead atoms. The van der Waals surface area contributed by atoms with Gasteiger partial charge in [-0.05, 0) is 19.9 Å². The molecule has 2 rings (SSSR count). The van der Waals surface area contributed by atoms with Gasteiger partial charge in [0, 0.05) is 34.4 Å². The van der Waals surface area contributed by atoms with Crippen molar-refractivity contribution in [2.45, 2.75) is 31.3 Å². The lowest BCUT2D eigenvalue weighted by Crippen LogP contribution is -2.37. The van der Waals surface area contributed by atoms with Gasteiger partial charge < -0.3 is 4.90 Å². The molecule has 4 nitrogen and oxygen atoms in total. The summed E-state index contributed by atoms with van der Waals surface area (Å²) in [5, 5.41) is 2.94. The fourth-order valence-corrected chi connectivity index (χ4v) is 2.68. The molecule has 1 aliphatic rings. The Bertz CT molecular complexity index is 538. The maximum atomic E-state index is 13.9. The van der Waals surface area contributed by atoms with Gasteiger partial charge in [0.25, 0.3) is 0 Å². The van der Waals surface area contributed by atoms with Crippen LogP contribution >= 0.6 is 0 Å². The molecule has 1 heterocycles. The van der Waals surface area contributed by atoms with E-state index in [9.17, 15) is 13.4 Å². The van der Waals surface area contributed by atoms with Gasteiger partial charge in [0.2, 0.25) is 5.91 Å². The molecule has 1 amide bonds. The van der Waals surface area contributed by atoms with Crippen molar-refractivity contribution in [3.05, 3.63) is 35.6 Å². The SMILES string of the molecule is CC1NC(c2ccccc2F)N(CC(C)S(C)=O)C1=O. The molecule has 0 radical (unpaired) electrons. The first-order chi connectivity index (χ1) is 9.41. The first-order valence-electron chi connectivity index (χ1n) is 6.55. The van der Waals surface area contributed by atoms with Gasteiger partial charge in [0.1, 0.15) is 12.0 Å². The Morgan fingerprint density at radius 3 is 2.70 bits per heavy atom. The van der Waals surface area contributed by atoms with Gasteiger partial charge in [-0.15, -0.1) is 0 Å². The minimum absolute atomic E-state index is 0.0875. The number of hydrogen-bond donors (Lipinski definition) is 1. The summed E-state index contributed by atoms with van der Waals surface area (Å²) in [6.07, 6.45) is 1.12. The highest BCUT2D eigenvalue weighted by Crippen LogP contribution is 2.27. The van der Waals surface area contributed by atoms with E-state index in [1.807, 2.05) is 6.92 Å². The Kier molecular flexibility index (Phi) is 4.55. The normalized spacial score (nSPS) is 25.8. The molecule has 1 N–H and O–H groups in total. The third-order valence-electron chi connectivity index (χ3n) is 3.59. The topological polar surface area (TPSA) is 49.4 Å². The van der Waals surface area contributed by atoms with Crippen molar-refractivity contribution in [2.75, 3.05) is 12.8 Å². The summed E-state index contributed by atoms with van der Waals surface area (Å²) in [4.78, 5) is 13.8. The first kappa shape index (κ1) is 15.1. The zero-order chi connectivity index (χ0) is 14.9. The number of nitrogens with zero attached hydrogens (tertiary/aromatic N) is 1. The highest BCUT2D eigenvalue weighted by molar-refractivity contribution is 7.84. The maximum absolute atomic E-state index is 13.9. The molecule has 1 aliphatic heterocycles. The van der Waals surface area contributed by atoms with E-state index in [4.69, 9.17) is 0 Å². The van der Waals surface area contributed by atoms with Gasteiger partial charge in [-0.2, -0.15) is 0 Å². The summed E-state index contributed by atoms with van der Waals surface area (Å²) in [7, 11) is -1.02. The minimum Gasteiger partial charge on any atom is -0.320 e. The van der Waals surface area contributed by atoms with Gasteiger partial charge in [-0.1, -0.05) is 18.2 Å². The standard InChI is InChI=1S/C14H19FN2O2S/c1-9(20(3)19)8-17-13(16-10(2)14(17)18)11-6-4-5-7-12(11)15/h4-7,9-10,13,16H,8H2,1-3H3. The maximum Gasteiger partial charge on any atom is 0.241 e. The van der Waals surface area contributed by atoms with Crippen LogP contribution in [0.5, 0.6) is 0 Å². The van der Waals surface area contributed by atoms with Crippen LogP contribution in [0.1, 0.15) is 25.6 Å². The summed E-state index contributed by atoms with van der Waals surface area (Å²) in [6, 6.07) is 6.04. The molecule has 1 fully saturated rings. The molecule has 1 saturated heterocycles. The molecule has 1 aromatic carbocycles. The molecular formula is C14H19FN2O2S. The number of rotatable bonds is 4. The molecule has 1 aromatic rings. The average molecular weight is 298 g/mol. The van der Waals surface area contributed by atoms with Crippen LogP contribution < -0.4 is 5.32 Å². The van der Waals surface area contributed by atoms with Crippen molar-refractivity contribution in [1.29, 1.82) is 0 Å². The monoisotopic (exact) mass is 298 g/mol. The number of halogens is 1. The lowest BCUT2D eigenvalue weighted by Gasteiger charge is -2.27. The predicted molar refractivity (Wildman–Crippen MR) is 77.0 cm³/mol. The molecule has 0 spiro atoms. The zero-order valence-corrected chi connectivity index (χ0v) is 12.6. The van der Waals surface area contributed by atoms with Gasteiger partial charge in [-0.25, -0.2) is 4.39 Å². The largest absolute Gasteiger partial charge is 0.320 e. The Morgan fingerprint density at radius 2 is 2.10 bits per heavy atom. The van der Waals surface area contributed by atoms with Crippen LogP contribution in [-0.2, 0) is 15.6 Å². The van der Waals surface area contributed by atoms with E-state index in [1.165, 1.54) is 6.07 Å². The predicted octanol–water partition coefficient (Wildman–Crippen LogP) is 1.41. The van der Waals surface area contributed by atoms with Crippen molar-refractivity contribution in [1.82, 2.24) is 10.2 Å². The van der Waals surface area contributed by atoms with Crippen LogP contribution in [0.3, 0.4) is 0 Å². The fourth-order valence-electron chi connectivity index (χ4n) is 2.31. The quantitative estimate of drug-likeness (QED) is 0.914. The number of carbonyl (C=O) groups excluding carboxylic acids is 1. The average Bonchev–Trinajstić information content (AvgIpc) is 2.67. The summed E-state index contributed by atoms with van der Waals surface area (Å²) in [5.41, 5.74) is 0.444. The van der Waals surface area contributed by atoms with Gasteiger partial charge in [0.15, 0.2) is 0 Å². The van der Waals surface area contributed by atoms with E-state index >= 15 is 0 Å². The lowest BCUT2D eigenvalue weighted by molar-refractivity contribution is -0.129. The van der Waals surface area contributed by atoms with E-state index in [1.54, 1.807) is 36.3 Å². The number of hydrogen-bond acceptors (Lipinski definition) is 3. The first-order valence-corrected chi connectivity index (χ1v) is 8.17. The summed E-state index contributed by atoms with van der Waals surface area (Å²) >= 11 is 0. The molecule has 6 heteroatoms. The van der Waals surface area contributed by atoms with Crippen molar-refractivity contribution in [2.24, 2.45) is 0 Å². The van der Waals surface area contributed by atoms with E-state index in [0.29, 0.717) is 12.1 Å². The zero-order valence-electron chi connectivity index (χ0n) is 11.8. The van der Waals surface area contributed by atoms with E-state index in [2.05, 4.69) is 5.32 Å². The number of amides is 1. The van der Waals surface area contributed by atoms with Crippen molar-refractivity contribution < 1.29 is 13.4 Å². The third kappa shape index (κ3) is 2.91. The Morgan fingerprint density at radius 1 is 1.45 bits per heavy atom. The smallest absolute Gasteiger partial charge is 0.241 e. The van der Waals surface area contributed by atoms with Crippen LogP contribution in [0.15, 0.2) is 24.3 Å². The number of carbonyl (C=O) groups is 1. The Labute approximate surface area is 120 Å². The second-order valence-corrected chi connectivity index (χ2v) is 6.91. The molecule has 4 atom stereocenters. The molecule has 110 valence electrons. The van der Waals surface area contributed by atoms with Crippen molar-refractivity contribution in [3.8, 4) is 0 Å². The number of benzene rings is 1. The lowest BCUT2D eigenvalue weighted by atomic mass is 10.1. The molecule has 0 aromatic heterocycles. The molecule has 4 unspecified atom stereocenters. The Balaban J connectivity index is 2.29. The van der Waals surface area contributed by atoms with Crippen molar-refractivity contribution in [3.63, 3.8) is 0 Å². The molecular weight excluding hydrogens is 279 g/mol. The van der Waals surface area contributed by atoms with Crippen LogP contribution in [0.4, 0.5) is 4.39 Å². The van der Waals surface area contributed by atoms with Gasteiger partial charge in [0.05, 0.1) is 6.04 Å². The third-order valence-corrected chi connectivity index (χ3v) is 4.88. The fraction of sp³-hybridized carbons (Fsp3) is 0.500. The summed E-state index contributed by atoms with van der Waals surface area (Å²) in [6.45, 7) is 3.92. The minimum atomic E-state index is -1.02. The van der Waals surface area contributed by atoms with Crippen molar-refractivity contribution >= 4 is 16.7 Å². The van der Waals surface area contributed by atoms with Gasteiger partial charge in [-0.3, -0.25) is 14.3 Å². The van der Waals surface area contributed by atoms with E-state index in [0.717, 1.165) is 0 Å². The highest BCUT2D eigenvalue weighted by Gasteiger charge is 2.38. The Hall–Kier alpha value is -1.27. The summed E-state index contributed by atoms with van der Waals surface area (Å²) < 4.78 is 25.4. The second-order valence-electron chi connectivity index (χ2n) is 5.11. The second kappa shape index (κ2) is 6.01. The van der Waals surface area contributed by atoms with Crippen LogP contribution in [-0.4, -0.2) is 39.1 Å². The van der Waals surface area contributed by atoms with E-state index in [-0.39, 0.29) is 23.0 Å². The molecule has 0 aliphatic carbocycles. The molecule has 0 saturated carbocycles. The highest BCUT2D eigenvalue weighted by atomic mass is 32.2. The number of nitrogens with one attached hydrogen (secondary N) is 1. The van der Waals surface area contributed by atoms with Crippen LogP contribution in [0, 0.1) is 5.82 Å². The molecule has 20 heavy (non-hydrogen) atoms. The summed E-state index contributed by atoms with van der Waals surface area (Å²) in [5.74, 6) is -0.433. The van der Waals surface area contributed by atoms with E-state index < -0.39 is 17.0 Å². The van der Waals surface area contributed by atoms with Crippen LogP contribution in [0.25, 0.3) is 0 Å².